The lowest BCUT2D eigenvalue weighted by molar-refractivity contribution is -0.384. The molecule has 2 aromatic carbocycles. The fourth-order valence-corrected chi connectivity index (χ4v) is 2.11. The number of halogens is 1. The molecule has 0 amide bonds. The Morgan fingerprint density at radius 1 is 1.14 bits per heavy atom. The van der Waals surface area contributed by atoms with E-state index in [4.69, 9.17) is 4.42 Å². The van der Waals surface area contributed by atoms with Crippen molar-refractivity contribution in [1.82, 2.24) is 0 Å². The minimum Gasteiger partial charge on any atom is -0.458 e. The number of nitro benzene ring substituents is 1. The molecule has 0 radical (unpaired) electrons. The third kappa shape index (κ3) is 2.48. The third-order valence-corrected chi connectivity index (χ3v) is 3.19. The molecule has 0 saturated carbocycles. The molecule has 3 aromatic rings. The lowest BCUT2D eigenvalue weighted by atomic mass is 10.1. The van der Waals surface area contributed by atoms with Gasteiger partial charge in [-0.1, -0.05) is 12.1 Å². The van der Waals surface area contributed by atoms with Gasteiger partial charge in [0.2, 0.25) is 0 Å². The molecule has 1 heterocycles. The van der Waals surface area contributed by atoms with Crippen LogP contribution in [0.15, 0.2) is 52.9 Å². The Labute approximate surface area is 118 Å². The predicted octanol–water partition coefficient (Wildman–Crippen LogP) is 3.56. The zero-order valence-electron chi connectivity index (χ0n) is 10.7. The molecule has 21 heavy (non-hydrogen) atoms. The van der Waals surface area contributed by atoms with E-state index in [0.717, 1.165) is 0 Å². The average Bonchev–Trinajstić information content (AvgIpc) is 2.90. The van der Waals surface area contributed by atoms with Crippen LogP contribution < -0.4 is 0 Å². The van der Waals surface area contributed by atoms with E-state index in [1.54, 1.807) is 0 Å². The zero-order chi connectivity index (χ0) is 15.0. The number of nitrogens with zero attached hydrogens (tertiary/aromatic N) is 1. The number of benzene rings is 2. The van der Waals surface area contributed by atoms with Gasteiger partial charge in [0, 0.05) is 17.5 Å². The van der Waals surface area contributed by atoms with Gasteiger partial charge in [-0.2, -0.15) is 0 Å². The van der Waals surface area contributed by atoms with Crippen LogP contribution in [-0.2, 0) is 0 Å². The van der Waals surface area contributed by atoms with Gasteiger partial charge in [0.05, 0.1) is 4.92 Å². The Kier molecular flexibility index (Phi) is 3.15. The second-order valence-corrected chi connectivity index (χ2v) is 4.58. The third-order valence-electron chi connectivity index (χ3n) is 3.19. The molecule has 5 nitrogen and oxygen atoms in total. The fraction of sp³-hybridized carbons (Fsp3) is 0.0667. The maximum absolute atomic E-state index is 12.9. The van der Waals surface area contributed by atoms with Crippen molar-refractivity contribution in [1.29, 1.82) is 0 Å². The quantitative estimate of drug-likeness (QED) is 0.590. The first-order valence-corrected chi connectivity index (χ1v) is 6.16. The monoisotopic (exact) mass is 287 g/mol. The topological polar surface area (TPSA) is 76.5 Å². The molecule has 3 rings (SSSR count). The van der Waals surface area contributed by atoms with Crippen molar-refractivity contribution in [2.24, 2.45) is 0 Å². The highest BCUT2D eigenvalue weighted by Crippen LogP contribution is 2.30. The Morgan fingerprint density at radius 3 is 2.52 bits per heavy atom. The molecule has 0 fully saturated rings. The normalized spacial score (nSPS) is 12.5. The van der Waals surface area contributed by atoms with E-state index in [0.29, 0.717) is 16.5 Å². The van der Waals surface area contributed by atoms with Crippen molar-refractivity contribution in [3.8, 4) is 0 Å². The Hall–Kier alpha value is -2.73. The summed E-state index contributed by atoms with van der Waals surface area (Å²) < 4.78 is 18.4. The summed E-state index contributed by atoms with van der Waals surface area (Å²) in [5.74, 6) is -0.150. The number of aliphatic hydroxyl groups is 1. The van der Waals surface area contributed by atoms with Crippen LogP contribution in [0.25, 0.3) is 11.0 Å². The van der Waals surface area contributed by atoms with Gasteiger partial charge in [-0.25, -0.2) is 4.39 Å². The van der Waals surface area contributed by atoms with Crippen LogP contribution in [0.1, 0.15) is 17.4 Å². The van der Waals surface area contributed by atoms with Gasteiger partial charge in [0.1, 0.15) is 23.3 Å². The summed E-state index contributed by atoms with van der Waals surface area (Å²) in [5.41, 5.74) is 0.868. The number of furan rings is 1. The Morgan fingerprint density at radius 2 is 1.86 bits per heavy atom. The van der Waals surface area contributed by atoms with Crippen LogP contribution >= 0.6 is 0 Å². The highest BCUT2D eigenvalue weighted by Gasteiger charge is 2.17. The van der Waals surface area contributed by atoms with Crippen molar-refractivity contribution in [3.05, 3.63) is 75.8 Å². The molecule has 0 aliphatic carbocycles. The summed E-state index contributed by atoms with van der Waals surface area (Å²) in [5, 5.41) is 21.5. The number of fused-ring (bicyclic) bond motifs is 1. The Bertz CT molecular complexity index is 810. The molecule has 6 heteroatoms. The van der Waals surface area contributed by atoms with Gasteiger partial charge in [-0.3, -0.25) is 10.1 Å². The van der Waals surface area contributed by atoms with Crippen LogP contribution in [0.4, 0.5) is 10.1 Å². The molecule has 1 N–H and O–H groups in total. The van der Waals surface area contributed by atoms with E-state index in [1.807, 2.05) is 0 Å². The van der Waals surface area contributed by atoms with E-state index in [9.17, 15) is 19.6 Å². The maximum atomic E-state index is 12.9. The van der Waals surface area contributed by atoms with Gasteiger partial charge in [-0.05, 0) is 29.8 Å². The summed E-state index contributed by atoms with van der Waals surface area (Å²) in [6.45, 7) is 0. The largest absolute Gasteiger partial charge is 0.458 e. The van der Waals surface area contributed by atoms with E-state index >= 15 is 0 Å². The summed E-state index contributed by atoms with van der Waals surface area (Å²) in [7, 11) is 0. The highest BCUT2D eigenvalue weighted by molar-refractivity contribution is 5.80. The van der Waals surface area contributed by atoms with Gasteiger partial charge < -0.3 is 9.52 Å². The minimum absolute atomic E-state index is 0.0499. The predicted molar refractivity (Wildman–Crippen MR) is 73.3 cm³/mol. The molecule has 0 aliphatic rings. The summed E-state index contributed by atoms with van der Waals surface area (Å²) >= 11 is 0. The van der Waals surface area contributed by atoms with Crippen molar-refractivity contribution in [3.63, 3.8) is 0 Å². The molecule has 106 valence electrons. The first kappa shape index (κ1) is 13.3. The lowest BCUT2D eigenvalue weighted by Gasteiger charge is -2.07. The molecular weight excluding hydrogens is 277 g/mol. The smallest absolute Gasteiger partial charge is 0.270 e. The van der Waals surface area contributed by atoms with E-state index in [1.165, 1.54) is 48.5 Å². The number of nitro groups is 1. The second kappa shape index (κ2) is 4.99. The highest BCUT2D eigenvalue weighted by atomic mass is 19.1. The van der Waals surface area contributed by atoms with Crippen LogP contribution in [-0.4, -0.2) is 10.0 Å². The Balaban J connectivity index is 2.00. The molecule has 0 saturated heterocycles. The van der Waals surface area contributed by atoms with Gasteiger partial charge in [0.25, 0.3) is 5.69 Å². The summed E-state index contributed by atoms with van der Waals surface area (Å²) in [6.07, 6.45) is -1.06. The molecule has 0 bridgehead atoms. The van der Waals surface area contributed by atoms with Crippen molar-refractivity contribution < 1.29 is 18.8 Å². The first-order valence-electron chi connectivity index (χ1n) is 6.16. The van der Waals surface area contributed by atoms with E-state index < -0.39 is 16.8 Å². The molecule has 0 spiro atoms. The fourth-order valence-electron chi connectivity index (χ4n) is 2.11. The van der Waals surface area contributed by atoms with Crippen LogP contribution in [0.3, 0.4) is 0 Å². The number of non-ortho nitro benzene ring substituents is 1. The average molecular weight is 287 g/mol. The molecule has 0 aliphatic heterocycles. The number of hydrogen-bond acceptors (Lipinski definition) is 4. The number of aliphatic hydroxyl groups excluding tert-OH is 1. The maximum Gasteiger partial charge on any atom is 0.270 e. The van der Waals surface area contributed by atoms with Gasteiger partial charge >= 0.3 is 0 Å². The van der Waals surface area contributed by atoms with Crippen molar-refractivity contribution >= 4 is 16.7 Å². The van der Waals surface area contributed by atoms with Crippen LogP contribution in [0, 0.1) is 15.9 Å². The summed E-state index contributed by atoms with van der Waals surface area (Å²) in [4.78, 5) is 10.2. The standard InChI is InChI=1S/C15H10FNO4/c16-11-3-1-9(2-4-11)15(18)14-8-10-7-12(17(19)20)5-6-13(10)21-14/h1-8,15,18H. The molecule has 1 atom stereocenters. The number of hydrogen-bond donors (Lipinski definition) is 1. The van der Waals surface area contributed by atoms with Gasteiger partial charge in [0.15, 0.2) is 0 Å². The first-order chi connectivity index (χ1) is 10.0. The van der Waals surface area contributed by atoms with Crippen LogP contribution in [0.5, 0.6) is 0 Å². The summed E-state index contributed by atoms with van der Waals surface area (Å²) in [6, 6.07) is 11.1. The SMILES string of the molecule is O=[N+]([O-])c1ccc2oc(C(O)c3ccc(F)cc3)cc2c1. The molecular formula is C15H10FNO4. The second-order valence-electron chi connectivity index (χ2n) is 4.58. The van der Waals surface area contributed by atoms with E-state index in [2.05, 4.69) is 0 Å². The van der Waals surface area contributed by atoms with Gasteiger partial charge in [-0.15, -0.1) is 0 Å². The zero-order valence-corrected chi connectivity index (χ0v) is 10.7. The minimum atomic E-state index is -1.06. The molecule has 1 unspecified atom stereocenters. The van der Waals surface area contributed by atoms with Crippen molar-refractivity contribution in [2.75, 3.05) is 0 Å². The molecule has 1 aromatic heterocycles. The number of rotatable bonds is 3. The van der Waals surface area contributed by atoms with Crippen molar-refractivity contribution in [2.45, 2.75) is 6.10 Å². The van der Waals surface area contributed by atoms with Crippen LogP contribution in [0.2, 0.25) is 0 Å². The van der Waals surface area contributed by atoms with E-state index in [-0.39, 0.29) is 11.4 Å². The lowest BCUT2D eigenvalue weighted by Crippen LogP contribution is -1.97.